The number of nitrogens with zero attached hydrogens (tertiary/aromatic N) is 2. The number of aromatic nitrogens is 2. The molecule has 1 rings (SSSR count). The molecule has 0 aliphatic carbocycles. The van der Waals surface area contributed by atoms with Crippen LogP contribution in [-0.2, 0) is 0 Å². The molecule has 15 heavy (non-hydrogen) atoms. The largest absolute Gasteiger partial charge is 0.365 e. The minimum Gasteiger partial charge on any atom is -0.365 e. The van der Waals surface area contributed by atoms with Gasteiger partial charge in [-0.05, 0) is 37.0 Å². The molecule has 0 fully saturated rings. The lowest BCUT2D eigenvalue weighted by molar-refractivity contribution is 0.611. The molecule has 1 aromatic heterocycles. The Morgan fingerprint density at radius 3 is 3.07 bits per heavy atom. The summed E-state index contributed by atoms with van der Waals surface area (Å²) in [5.74, 6) is 0.716. The minimum atomic E-state index is -0.476. The fraction of sp³-hybridized carbons (Fsp3) is 0.556. The first kappa shape index (κ1) is 12.5. The van der Waals surface area contributed by atoms with Crippen LogP contribution < -0.4 is 5.32 Å². The summed E-state index contributed by atoms with van der Waals surface area (Å²) in [6, 6.07) is 0.165. The van der Waals surface area contributed by atoms with Crippen molar-refractivity contribution in [3.05, 3.63) is 17.3 Å². The van der Waals surface area contributed by atoms with Gasteiger partial charge in [-0.15, -0.1) is 0 Å². The third kappa shape index (κ3) is 4.22. The lowest BCUT2D eigenvalue weighted by Gasteiger charge is -2.13. The maximum absolute atomic E-state index is 13.2. The van der Waals surface area contributed by atoms with Crippen molar-refractivity contribution in [1.29, 1.82) is 0 Å². The smallest absolute Gasteiger partial charge is 0.224 e. The van der Waals surface area contributed by atoms with Crippen molar-refractivity contribution < 1.29 is 4.39 Å². The molecule has 1 N–H and O–H groups in total. The topological polar surface area (TPSA) is 37.8 Å². The van der Waals surface area contributed by atoms with E-state index in [1.54, 1.807) is 11.8 Å². The van der Waals surface area contributed by atoms with E-state index in [-0.39, 0.29) is 17.1 Å². The van der Waals surface area contributed by atoms with Gasteiger partial charge in [-0.25, -0.2) is 9.37 Å². The Bertz CT molecular complexity index is 324. The molecule has 84 valence electrons. The molecule has 0 saturated carbocycles. The lowest BCUT2D eigenvalue weighted by atomic mass is 10.2. The van der Waals surface area contributed by atoms with E-state index < -0.39 is 5.82 Å². The van der Waals surface area contributed by atoms with Crippen LogP contribution in [0, 0.1) is 5.82 Å². The average molecular weight is 250 g/mol. The van der Waals surface area contributed by atoms with E-state index in [1.807, 2.05) is 13.2 Å². The van der Waals surface area contributed by atoms with E-state index >= 15 is 0 Å². The molecule has 0 aromatic carbocycles. The Balaban J connectivity index is 2.59. The summed E-state index contributed by atoms with van der Waals surface area (Å²) in [6.07, 6.45) is 4.05. The van der Waals surface area contributed by atoms with Crippen LogP contribution in [0.3, 0.4) is 0 Å². The molecule has 0 aliphatic heterocycles. The Labute approximate surface area is 97.8 Å². The zero-order valence-electron chi connectivity index (χ0n) is 8.63. The average Bonchev–Trinajstić information content (AvgIpc) is 2.20. The standard InChI is InChI=1S/C9H13ClFN3S/c1-6(3-4-15-2)13-8-7(11)5-12-9(10)14-8/h5-6H,3-4H2,1-2H3,(H,12,13,14). The van der Waals surface area contributed by atoms with Crippen LogP contribution in [0.5, 0.6) is 0 Å². The Hall–Kier alpha value is -0.550. The summed E-state index contributed by atoms with van der Waals surface area (Å²) in [7, 11) is 0. The van der Waals surface area contributed by atoms with Crippen molar-refractivity contribution in [2.24, 2.45) is 0 Å². The molecule has 0 radical (unpaired) electrons. The molecule has 0 bridgehead atoms. The first-order valence-corrected chi connectivity index (χ1v) is 6.34. The number of hydrogen-bond acceptors (Lipinski definition) is 4. The minimum absolute atomic E-state index is 0.0518. The van der Waals surface area contributed by atoms with Gasteiger partial charge < -0.3 is 5.32 Å². The molecule has 0 spiro atoms. The number of thioether (sulfide) groups is 1. The van der Waals surface area contributed by atoms with E-state index in [2.05, 4.69) is 15.3 Å². The molecule has 1 atom stereocenters. The van der Waals surface area contributed by atoms with Crippen molar-refractivity contribution in [2.45, 2.75) is 19.4 Å². The summed E-state index contributed by atoms with van der Waals surface area (Å²) < 4.78 is 13.2. The van der Waals surface area contributed by atoms with E-state index in [0.717, 1.165) is 18.4 Å². The van der Waals surface area contributed by atoms with Gasteiger partial charge in [-0.2, -0.15) is 16.7 Å². The van der Waals surface area contributed by atoms with Crippen molar-refractivity contribution in [3.63, 3.8) is 0 Å². The fourth-order valence-electron chi connectivity index (χ4n) is 1.05. The lowest BCUT2D eigenvalue weighted by Crippen LogP contribution is -2.18. The van der Waals surface area contributed by atoms with Crippen molar-refractivity contribution >= 4 is 29.2 Å². The zero-order valence-corrected chi connectivity index (χ0v) is 10.2. The second-order valence-electron chi connectivity index (χ2n) is 3.16. The normalized spacial score (nSPS) is 12.5. The SMILES string of the molecule is CSCCC(C)Nc1nc(Cl)ncc1F. The molecule has 1 heterocycles. The zero-order chi connectivity index (χ0) is 11.3. The van der Waals surface area contributed by atoms with E-state index in [0.29, 0.717) is 0 Å². The van der Waals surface area contributed by atoms with Crippen LogP contribution in [0.1, 0.15) is 13.3 Å². The second kappa shape index (κ2) is 6.12. The number of anilines is 1. The highest BCUT2D eigenvalue weighted by Gasteiger charge is 2.08. The third-order valence-corrected chi connectivity index (χ3v) is 2.68. The molecule has 0 aliphatic rings. The maximum Gasteiger partial charge on any atom is 0.224 e. The maximum atomic E-state index is 13.2. The summed E-state index contributed by atoms with van der Waals surface area (Å²) in [5.41, 5.74) is 0. The fourth-order valence-corrected chi connectivity index (χ4v) is 1.77. The Morgan fingerprint density at radius 1 is 1.67 bits per heavy atom. The molecular weight excluding hydrogens is 237 g/mol. The molecule has 3 nitrogen and oxygen atoms in total. The van der Waals surface area contributed by atoms with Gasteiger partial charge >= 0.3 is 0 Å². The van der Waals surface area contributed by atoms with Crippen molar-refractivity contribution in [3.8, 4) is 0 Å². The van der Waals surface area contributed by atoms with Crippen molar-refractivity contribution in [2.75, 3.05) is 17.3 Å². The van der Waals surface area contributed by atoms with Gasteiger partial charge in [0.2, 0.25) is 5.28 Å². The van der Waals surface area contributed by atoms with Gasteiger partial charge in [0.05, 0.1) is 6.20 Å². The number of nitrogens with one attached hydrogen (secondary N) is 1. The highest BCUT2D eigenvalue weighted by atomic mass is 35.5. The number of hydrogen-bond donors (Lipinski definition) is 1. The van der Waals surface area contributed by atoms with E-state index in [9.17, 15) is 4.39 Å². The van der Waals surface area contributed by atoms with Gasteiger partial charge in [0.25, 0.3) is 0 Å². The van der Waals surface area contributed by atoms with Crippen LogP contribution in [-0.4, -0.2) is 28.0 Å². The quantitative estimate of drug-likeness (QED) is 0.815. The number of halogens is 2. The molecular formula is C9H13ClFN3S. The van der Waals surface area contributed by atoms with Gasteiger partial charge in [0, 0.05) is 6.04 Å². The van der Waals surface area contributed by atoms with Crippen LogP contribution in [0.2, 0.25) is 5.28 Å². The monoisotopic (exact) mass is 249 g/mol. The highest BCUT2D eigenvalue weighted by Crippen LogP contribution is 2.14. The van der Waals surface area contributed by atoms with Crippen LogP contribution in [0.15, 0.2) is 6.20 Å². The predicted molar refractivity (Wildman–Crippen MR) is 63.1 cm³/mol. The van der Waals surface area contributed by atoms with Gasteiger partial charge in [0.1, 0.15) is 0 Å². The summed E-state index contributed by atoms with van der Waals surface area (Å²) >= 11 is 7.33. The van der Waals surface area contributed by atoms with Gasteiger partial charge in [-0.3, -0.25) is 0 Å². The molecule has 0 saturated heterocycles. The van der Waals surface area contributed by atoms with Crippen LogP contribution >= 0.6 is 23.4 Å². The van der Waals surface area contributed by atoms with E-state index in [4.69, 9.17) is 11.6 Å². The highest BCUT2D eigenvalue weighted by molar-refractivity contribution is 7.98. The summed E-state index contributed by atoms with van der Waals surface area (Å²) in [4.78, 5) is 7.33. The molecule has 1 aromatic rings. The molecule has 6 heteroatoms. The third-order valence-electron chi connectivity index (χ3n) is 1.85. The molecule has 1 unspecified atom stereocenters. The van der Waals surface area contributed by atoms with Gasteiger partial charge in [0.15, 0.2) is 11.6 Å². The first-order valence-electron chi connectivity index (χ1n) is 4.57. The van der Waals surface area contributed by atoms with Crippen LogP contribution in [0.25, 0.3) is 0 Å². The predicted octanol–water partition coefficient (Wildman–Crippen LogP) is 2.82. The molecule has 0 amide bonds. The summed E-state index contributed by atoms with van der Waals surface area (Å²) in [5, 5.41) is 3.01. The van der Waals surface area contributed by atoms with E-state index in [1.165, 1.54) is 0 Å². The second-order valence-corrected chi connectivity index (χ2v) is 4.49. The Kier molecular flexibility index (Phi) is 5.11. The number of rotatable bonds is 5. The Morgan fingerprint density at radius 2 is 2.40 bits per heavy atom. The van der Waals surface area contributed by atoms with Crippen LogP contribution in [0.4, 0.5) is 10.2 Å². The first-order chi connectivity index (χ1) is 7.13. The van der Waals surface area contributed by atoms with Gasteiger partial charge in [-0.1, -0.05) is 0 Å². The summed E-state index contributed by atoms with van der Waals surface area (Å²) in [6.45, 7) is 1.98. The van der Waals surface area contributed by atoms with Crippen molar-refractivity contribution in [1.82, 2.24) is 9.97 Å².